The fourth-order valence-corrected chi connectivity index (χ4v) is 0.871. The lowest BCUT2D eigenvalue weighted by Gasteiger charge is -1.80. The van der Waals surface area contributed by atoms with Gasteiger partial charge in [-0.05, 0) is 0 Å². The van der Waals surface area contributed by atoms with E-state index in [0.29, 0.717) is 11.2 Å². The molecule has 0 radical (unpaired) electrons. The molecule has 0 saturated heterocycles. The highest BCUT2D eigenvalue weighted by atomic mass is 16.4. The van der Waals surface area contributed by atoms with Crippen LogP contribution in [0.1, 0.15) is 10.6 Å². The zero-order valence-corrected chi connectivity index (χ0v) is 5.40. The van der Waals surface area contributed by atoms with Crippen LogP contribution in [0.25, 0.3) is 11.2 Å². The van der Waals surface area contributed by atoms with E-state index in [4.69, 9.17) is 13.9 Å². The zero-order chi connectivity index (χ0) is 7.84. The second kappa shape index (κ2) is 1.88. The second-order valence-corrected chi connectivity index (χ2v) is 2.06. The molecular weight excluding hydrogens is 148 g/mol. The number of hydrogen-bond acceptors (Lipinski definition) is 3. The molecule has 0 aliphatic carbocycles. The van der Waals surface area contributed by atoms with Crippen molar-refractivity contribution >= 4 is 17.1 Å². The summed E-state index contributed by atoms with van der Waals surface area (Å²) < 4.78 is 9.77. The maximum atomic E-state index is 10.3. The molecule has 56 valence electrons. The summed E-state index contributed by atoms with van der Waals surface area (Å²) in [6.45, 7) is 0. The Morgan fingerprint density at radius 1 is 1.45 bits per heavy atom. The summed E-state index contributed by atoms with van der Waals surface area (Å²) in [4.78, 5) is 10.3. The quantitative estimate of drug-likeness (QED) is 0.675. The minimum absolute atomic E-state index is 0.0978. The number of carboxylic acid groups (broad SMARTS) is 1. The van der Waals surface area contributed by atoms with Crippen LogP contribution in [0.4, 0.5) is 0 Å². The molecule has 4 heteroatoms. The van der Waals surface area contributed by atoms with Gasteiger partial charge in [-0.1, -0.05) is 0 Å². The molecule has 0 aromatic carbocycles. The first kappa shape index (κ1) is 6.03. The van der Waals surface area contributed by atoms with Crippen molar-refractivity contribution in [3.63, 3.8) is 0 Å². The molecule has 11 heavy (non-hydrogen) atoms. The van der Waals surface area contributed by atoms with E-state index in [1.54, 1.807) is 6.07 Å². The number of hydrogen-bond donors (Lipinski definition) is 1. The van der Waals surface area contributed by atoms with Crippen molar-refractivity contribution in [2.24, 2.45) is 0 Å². The molecule has 4 nitrogen and oxygen atoms in total. The van der Waals surface area contributed by atoms with Crippen molar-refractivity contribution in [1.29, 1.82) is 0 Å². The van der Waals surface area contributed by atoms with Crippen molar-refractivity contribution < 1.29 is 18.7 Å². The van der Waals surface area contributed by atoms with E-state index in [2.05, 4.69) is 0 Å². The van der Waals surface area contributed by atoms with Crippen LogP contribution in [0.5, 0.6) is 0 Å². The molecule has 0 atom stereocenters. The minimum atomic E-state index is -1.09. The Labute approximate surface area is 61.0 Å². The van der Waals surface area contributed by atoms with Crippen LogP contribution in [-0.4, -0.2) is 11.1 Å². The van der Waals surface area contributed by atoms with Gasteiger partial charge < -0.3 is 13.9 Å². The Kier molecular flexibility index (Phi) is 1.03. The van der Waals surface area contributed by atoms with Gasteiger partial charge in [-0.15, -0.1) is 0 Å². The lowest BCUT2D eigenvalue weighted by atomic mass is 10.4. The lowest BCUT2D eigenvalue weighted by molar-refractivity contribution is 0.0665. The van der Waals surface area contributed by atoms with Crippen LogP contribution in [0.3, 0.4) is 0 Å². The lowest BCUT2D eigenvalue weighted by Crippen LogP contribution is -1.91. The van der Waals surface area contributed by atoms with Gasteiger partial charge in [0.05, 0.1) is 6.26 Å². The third-order valence-electron chi connectivity index (χ3n) is 1.35. The maximum Gasteiger partial charge on any atom is 0.371 e. The van der Waals surface area contributed by atoms with E-state index in [1.807, 2.05) is 0 Å². The van der Waals surface area contributed by atoms with E-state index >= 15 is 0 Å². The Balaban J connectivity index is 2.67. The van der Waals surface area contributed by atoms with Gasteiger partial charge in [0.15, 0.2) is 11.2 Å². The van der Waals surface area contributed by atoms with Gasteiger partial charge in [0.25, 0.3) is 0 Å². The average molecular weight is 152 g/mol. The van der Waals surface area contributed by atoms with Crippen molar-refractivity contribution in [3.05, 3.63) is 24.2 Å². The van der Waals surface area contributed by atoms with Gasteiger partial charge in [-0.25, -0.2) is 4.79 Å². The van der Waals surface area contributed by atoms with Gasteiger partial charge >= 0.3 is 5.97 Å². The zero-order valence-electron chi connectivity index (χ0n) is 5.40. The first-order valence-electron chi connectivity index (χ1n) is 2.98. The van der Waals surface area contributed by atoms with E-state index < -0.39 is 5.97 Å². The van der Waals surface area contributed by atoms with Crippen LogP contribution in [0, 0.1) is 0 Å². The number of carbonyl (C=O) groups is 1. The summed E-state index contributed by atoms with van der Waals surface area (Å²) in [6, 6.07) is 2.92. The molecule has 0 unspecified atom stereocenters. The third-order valence-corrected chi connectivity index (χ3v) is 1.35. The maximum absolute atomic E-state index is 10.3. The minimum Gasteiger partial charge on any atom is -0.475 e. The highest BCUT2D eigenvalue weighted by Crippen LogP contribution is 2.19. The molecule has 0 spiro atoms. The molecular formula is C7H4O4. The largest absolute Gasteiger partial charge is 0.475 e. The number of carboxylic acids is 1. The van der Waals surface area contributed by atoms with Crippen molar-refractivity contribution in [2.75, 3.05) is 0 Å². The predicted octanol–water partition coefficient (Wildman–Crippen LogP) is 1.72. The number of rotatable bonds is 1. The molecule has 2 aromatic rings. The van der Waals surface area contributed by atoms with Crippen LogP contribution < -0.4 is 0 Å². The summed E-state index contributed by atoms with van der Waals surface area (Å²) in [7, 11) is 0. The molecule has 2 aromatic heterocycles. The van der Waals surface area contributed by atoms with Crippen molar-refractivity contribution in [2.45, 2.75) is 0 Å². The summed E-state index contributed by atoms with van der Waals surface area (Å²) in [5.41, 5.74) is 0.921. The Morgan fingerprint density at radius 2 is 2.27 bits per heavy atom. The van der Waals surface area contributed by atoms with Gasteiger partial charge in [-0.2, -0.15) is 0 Å². The molecule has 2 heterocycles. The molecule has 2 rings (SSSR count). The predicted molar refractivity (Wildman–Crippen MR) is 35.4 cm³/mol. The monoisotopic (exact) mass is 152 g/mol. The molecule has 1 N–H and O–H groups in total. The van der Waals surface area contributed by atoms with Crippen molar-refractivity contribution in [3.8, 4) is 0 Å². The normalized spacial score (nSPS) is 10.5. The van der Waals surface area contributed by atoms with Crippen LogP contribution in [0.15, 0.2) is 27.2 Å². The topological polar surface area (TPSA) is 63.6 Å². The first-order chi connectivity index (χ1) is 5.27. The van der Waals surface area contributed by atoms with E-state index in [-0.39, 0.29) is 5.76 Å². The summed E-state index contributed by atoms with van der Waals surface area (Å²) >= 11 is 0. The SMILES string of the molecule is O=C(O)c1cc2occc2o1. The van der Waals surface area contributed by atoms with Gasteiger partial charge in [0, 0.05) is 12.1 Å². The van der Waals surface area contributed by atoms with Crippen LogP contribution in [0.2, 0.25) is 0 Å². The van der Waals surface area contributed by atoms with Gasteiger partial charge in [-0.3, -0.25) is 0 Å². The Morgan fingerprint density at radius 3 is 2.91 bits per heavy atom. The average Bonchev–Trinajstić information content (AvgIpc) is 2.40. The molecule has 0 saturated carbocycles. The number of fused-ring (bicyclic) bond motifs is 1. The number of furan rings is 2. The summed E-state index contributed by atoms with van der Waals surface area (Å²) in [6.07, 6.45) is 1.44. The third kappa shape index (κ3) is 0.797. The Hall–Kier alpha value is -1.71. The summed E-state index contributed by atoms with van der Waals surface area (Å²) in [5, 5.41) is 8.47. The van der Waals surface area contributed by atoms with Crippen LogP contribution >= 0.6 is 0 Å². The molecule has 0 bridgehead atoms. The van der Waals surface area contributed by atoms with Crippen molar-refractivity contribution in [1.82, 2.24) is 0 Å². The van der Waals surface area contributed by atoms with E-state index in [0.717, 1.165) is 0 Å². The molecule has 0 aliphatic rings. The molecule has 0 aliphatic heterocycles. The van der Waals surface area contributed by atoms with Crippen LogP contribution in [-0.2, 0) is 0 Å². The fraction of sp³-hybridized carbons (Fsp3) is 0. The standard InChI is InChI=1S/C7H4O4/c8-7(9)6-3-5-4(11-6)1-2-10-5/h1-3H,(H,8,9). The van der Waals surface area contributed by atoms with Gasteiger partial charge in [0.2, 0.25) is 5.76 Å². The smallest absolute Gasteiger partial charge is 0.371 e. The highest BCUT2D eigenvalue weighted by Gasteiger charge is 2.11. The molecule has 0 amide bonds. The highest BCUT2D eigenvalue weighted by molar-refractivity contribution is 5.89. The fourth-order valence-electron chi connectivity index (χ4n) is 0.871. The number of aromatic carboxylic acids is 1. The van der Waals surface area contributed by atoms with E-state index in [1.165, 1.54) is 12.3 Å². The van der Waals surface area contributed by atoms with E-state index in [9.17, 15) is 4.79 Å². The Bertz CT molecular complexity index is 367. The second-order valence-electron chi connectivity index (χ2n) is 2.06. The van der Waals surface area contributed by atoms with Gasteiger partial charge in [0.1, 0.15) is 0 Å². The molecule has 0 fully saturated rings. The summed E-state index contributed by atoms with van der Waals surface area (Å²) in [5.74, 6) is -1.18. The first-order valence-corrected chi connectivity index (χ1v) is 2.98.